The zero-order valence-electron chi connectivity index (χ0n) is 11.7. The van der Waals surface area contributed by atoms with E-state index >= 15 is 0 Å². The second-order valence-corrected chi connectivity index (χ2v) is 6.06. The highest BCUT2D eigenvalue weighted by Crippen LogP contribution is 2.23. The van der Waals surface area contributed by atoms with Gasteiger partial charge >= 0.3 is 0 Å². The molecule has 0 bridgehead atoms. The molecule has 0 saturated heterocycles. The largest absolute Gasteiger partial charge is 0.384 e. The maximum Gasteiger partial charge on any atom is 0.244 e. The summed E-state index contributed by atoms with van der Waals surface area (Å²) in [6, 6.07) is 6.93. The van der Waals surface area contributed by atoms with Crippen molar-refractivity contribution in [3.63, 3.8) is 0 Å². The van der Waals surface area contributed by atoms with Crippen LogP contribution in [-0.2, 0) is 14.8 Å². The molecule has 0 saturated carbocycles. The molecule has 1 aromatic rings. The van der Waals surface area contributed by atoms with Crippen LogP contribution in [0.25, 0.3) is 0 Å². The van der Waals surface area contributed by atoms with Crippen molar-refractivity contribution < 1.29 is 13.2 Å². The van der Waals surface area contributed by atoms with Gasteiger partial charge in [-0.25, -0.2) is 8.42 Å². The number of hydrogen-bond donors (Lipinski definition) is 1. The summed E-state index contributed by atoms with van der Waals surface area (Å²) in [7, 11) is -1.91. The third kappa shape index (κ3) is 4.19. The van der Waals surface area contributed by atoms with Gasteiger partial charge in [-0.15, -0.1) is 0 Å². The summed E-state index contributed by atoms with van der Waals surface area (Å²) < 4.78 is 31.4. The van der Waals surface area contributed by atoms with Gasteiger partial charge in [0.25, 0.3) is 0 Å². The summed E-state index contributed by atoms with van der Waals surface area (Å²) in [5.41, 5.74) is 0.633. The fraction of sp³-hybridized carbons (Fsp3) is 0.538. The van der Waals surface area contributed by atoms with Crippen molar-refractivity contribution in [2.75, 3.05) is 38.7 Å². The standard InChI is InChI=1S/C13H22N2O3S/c1-4-14-12-8-6-7-9-13(12)19(16,17)15(3)10-11-18-5-2/h6-9,14H,4-5,10-11H2,1-3H3. The predicted molar refractivity (Wildman–Crippen MR) is 76.9 cm³/mol. The minimum Gasteiger partial charge on any atom is -0.384 e. The average Bonchev–Trinajstić information content (AvgIpc) is 2.39. The van der Waals surface area contributed by atoms with E-state index in [1.165, 1.54) is 4.31 Å². The van der Waals surface area contributed by atoms with Gasteiger partial charge in [0.1, 0.15) is 4.90 Å². The number of sulfonamides is 1. The molecule has 1 aromatic carbocycles. The molecular formula is C13H22N2O3S. The number of benzene rings is 1. The number of likely N-dealkylation sites (N-methyl/N-ethyl adjacent to an activating group) is 1. The molecule has 108 valence electrons. The van der Waals surface area contributed by atoms with Crippen molar-refractivity contribution in [1.29, 1.82) is 0 Å². The van der Waals surface area contributed by atoms with Crippen molar-refractivity contribution >= 4 is 15.7 Å². The lowest BCUT2D eigenvalue weighted by atomic mass is 10.3. The molecular weight excluding hydrogens is 264 g/mol. The molecule has 1 rings (SSSR count). The van der Waals surface area contributed by atoms with Crippen LogP contribution in [0.2, 0.25) is 0 Å². The summed E-state index contributed by atoms with van der Waals surface area (Å²) in [5.74, 6) is 0. The number of ether oxygens (including phenoxy) is 1. The predicted octanol–water partition coefficient (Wildman–Crippen LogP) is 1.78. The molecule has 0 atom stereocenters. The van der Waals surface area contributed by atoms with Gasteiger partial charge in [0.05, 0.1) is 12.3 Å². The molecule has 0 fully saturated rings. The summed E-state index contributed by atoms with van der Waals surface area (Å²) in [5, 5.41) is 3.07. The number of hydrogen-bond acceptors (Lipinski definition) is 4. The summed E-state index contributed by atoms with van der Waals surface area (Å²) in [6.45, 7) is 5.82. The molecule has 0 aliphatic heterocycles. The van der Waals surface area contributed by atoms with Crippen LogP contribution in [0.4, 0.5) is 5.69 Å². The van der Waals surface area contributed by atoms with Gasteiger partial charge in [-0.05, 0) is 26.0 Å². The fourth-order valence-corrected chi connectivity index (χ4v) is 2.97. The van der Waals surface area contributed by atoms with Crippen LogP contribution in [-0.4, -0.2) is 46.1 Å². The Morgan fingerprint density at radius 3 is 2.58 bits per heavy atom. The lowest BCUT2D eigenvalue weighted by molar-refractivity contribution is 0.138. The Bertz CT molecular complexity index is 488. The lowest BCUT2D eigenvalue weighted by Gasteiger charge is -2.19. The Morgan fingerprint density at radius 2 is 1.95 bits per heavy atom. The van der Waals surface area contributed by atoms with E-state index in [0.717, 1.165) is 0 Å². The highest BCUT2D eigenvalue weighted by Gasteiger charge is 2.23. The van der Waals surface area contributed by atoms with E-state index < -0.39 is 10.0 Å². The zero-order chi connectivity index (χ0) is 14.3. The van der Waals surface area contributed by atoms with Gasteiger partial charge in [-0.1, -0.05) is 12.1 Å². The van der Waals surface area contributed by atoms with Crippen LogP contribution in [0.15, 0.2) is 29.2 Å². The number of rotatable bonds is 8. The van der Waals surface area contributed by atoms with E-state index in [0.29, 0.717) is 36.9 Å². The summed E-state index contributed by atoms with van der Waals surface area (Å²) in [6.07, 6.45) is 0. The van der Waals surface area contributed by atoms with Crippen LogP contribution >= 0.6 is 0 Å². The summed E-state index contributed by atoms with van der Waals surface area (Å²) >= 11 is 0. The maximum atomic E-state index is 12.5. The maximum absolute atomic E-state index is 12.5. The van der Waals surface area contributed by atoms with Gasteiger partial charge in [0, 0.05) is 26.7 Å². The molecule has 0 heterocycles. The highest BCUT2D eigenvalue weighted by atomic mass is 32.2. The first-order chi connectivity index (χ1) is 9.04. The summed E-state index contributed by atoms with van der Waals surface area (Å²) in [4.78, 5) is 0.302. The quantitative estimate of drug-likeness (QED) is 0.740. The average molecular weight is 286 g/mol. The van der Waals surface area contributed by atoms with Crippen molar-refractivity contribution in [1.82, 2.24) is 4.31 Å². The van der Waals surface area contributed by atoms with Crippen molar-refractivity contribution in [2.24, 2.45) is 0 Å². The first-order valence-electron chi connectivity index (χ1n) is 6.41. The minimum absolute atomic E-state index is 0.302. The van der Waals surface area contributed by atoms with Crippen molar-refractivity contribution in [2.45, 2.75) is 18.7 Å². The van der Waals surface area contributed by atoms with E-state index in [9.17, 15) is 8.42 Å². The van der Waals surface area contributed by atoms with E-state index in [4.69, 9.17) is 4.74 Å². The van der Waals surface area contributed by atoms with Crippen LogP contribution in [0.1, 0.15) is 13.8 Å². The zero-order valence-corrected chi connectivity index (χ0v) is 12.5. The van der Waals surface area contributed by atoms with Gasteiger partial charge in [0.2, 0.25) is 10.0 Å². The molecule has 0 aromatic heterocycles. The van der Waals surface area contributed by atoms with E-state index in [1.54, 1.807) is 25.2 Å². The van der Waals surface area contributed by atoms with Crippen LogP contribution in [0.5, 0.6) is 0 Å². The molecule has 19 heavy (non-hydrogen) atoms. The minimum atomic E-state index is -3.48. The Labute approximate surface area is 115 Å². The van der Waals surface area contributed by atoms with Gasteiger partial charge in [-0.2, -0.15) is 4.31 Å². The molecule has 0 radical (unpaired) electrons. The fourth-order valence-electron chi connectivity index (χ4n) is 1.65. The topological polar surface area (TPSA) is 58.6 Å². The molecule has 0 unspecified atom stereocenters. The number of anilines is 1. The normalized spacial score (nSPS) is 11.8. The molecule has 0 amide bonds. The first kappa shape index (κ1) is 15.9. The molecule has 5 nitrogen and oxygen atoms in total. The van der Waals surface area contributed by atoms with Crippen molar-refractivity contribution in [3.05, 3.63) is 24.3 Å². The van der Waals surface area contributed by atoms with Crippen LogP contribution in [0.3, 0.4) is 0 Å². The second-order valence-electron chi connectivity index (χ2n) is 4.05. The molecule has 1 N–H and O–H groups in total. The van der Waals surface area contributed by atoms with Gasteiger partial charge in [-0.3, -0.25) is 0 Å². The number of nitrogens with one attached hydrogen (secondary N) is 1. The van der Waals surface area contributed by atoms with E-state index in [2.05, 4.69) is 5.32 Å². The molecule has 0 aliphatic rings. The molecule has 0 aliphatic carbocycles. The highest BCUT2D eigenvalue weighted by molar-refractivity contribution is 7.89. The van der Waals surface area contributed by atoms with Gasteiger partial charge in [0.15, 0.2) is 0 Å². The molecule has 0 spiro atoms. The smallest absolute Gasteiger partial charge is 0.244 e. The van der Waals surface area contributed by atoms with E-state index in [-0.39, 0.29) is 0 Å². The van der Waals surface area contributed by atoms with Crippen LogP contribution < -0.4 is 5.32 Å². The first-order valence-corrected chi connectivity index (χ1v) is 7.85. The lowest BCUT2D eigenvalue weighted by Crippen LogP contribution is -2.30. The third-order valence-electron chi connectivity index (χ3n) is 2.70. The van der Waals surface area contributed by atoms with Crippen LogP contribution in [0, 0.1) is 0 Å². The Hall–Kier alpha value is -1.11. The second kappa shape index (κ2) is 7.47. The Kier molecular flexibility index (Phi) is 6.27. The number of para-hydroxylation sites is 1. The Balaban J connectivity index is 2.93. The van der Waals surface area contributed by atoms with E-state index in [1.807, 2.05) is 19.9 Å². The van der Waals surface area contributed by atoms with Gasteiger partial charge < -0.3 is 10.1 Å². The SMILES string of the molecule is CCNc1ccccc1S(=O)(=O)N(C)CCOCC. The number of nitrogens with zero attached hydrogens (tertiary/aromatic N) is 1. The monoisotopic (exact) mass is 286 g/mol. The molecule has 6 heteroatoms. The van der Waals surface area contributed by atoms with Crippen molar-refractivity contribution in [3.8, 4) is 0 Å². The third-order valence-corrected chi connectivity index (χ3v) is 4.61. The Morgan fingerprint density at radius 1 is 1.26 bits per heavy atom.